The van der Waals surface area contributed by atoms with E-state index in [0.717, 1.165) is 53.5 Å². The van der Waals surface area contributed by atoms with Crippen LogP contribution in [0, 0.1) is 27.7 Å². The lowest BCUT2D eigenvalue weighted by Crippen LogP contribution is -2.45. The second-order valence-electron chi connectivity index (χ2n) is 19.8. The van der Waals surface area contributed by atoms with Gasteiger partial charge in [-0.3, -0.25) is 38.7 Å². The fraction of sp³-hybridized carbons (Fsp3) is 0.468. The molecule has 0 aliphatic heterocycles. The number of rotatable bonds is 37. The largest absolute Gasteiger partial charge is 0.492 e. The number of aryl methyl sites for hydroxylation is 6. The van der Waals surface area contributed by atoms with Gasteiger partial charge in [0.1, 0.15) is 47.8 Å². The summed E-state index contributed by atoms with van der Waals surface area (Å²) < 4.78 is 24.6. The van der Waals surface area contributed by atoms with Gasteiger partial charge in [-0.1, -0.05) is 64.7 Å². The molecule has 16 nitrogen and oxygen atoms in total. The minimum Gasteiger partial charge on any atom is -0.492 e. The molecule has 0 bridgehead atoms. The first-order valence-corrected chi connectivity index (χ1v) is 27.4. The molecule has 0 saturated carbocycles. The zero-order chi connectivity index (χ0) is 57.3. The van der Waals surface area contributed by atoms with Crippen molar-refractivity contribution in [3.05, 3.63) is 129 Å². The van der Waals surface area contributed by atoms with Gasteiger partial charge in [0, 0.05) is 87.5 Å². The third-order valence-electron chi connectivity index (χ3n) is 13.3. The third-order valence-corrected chi connectivity index (χ3v) is 13.3. The van der Waals surface area contributed by atoms with Crippen molar-refractivity contribution < 1.29 is 42.3 Å². The highest BCUT2D eigenvalue weighted by atomic mass is 16.5. The molecule has 0 fully saturated rings. The van der Waals surface area contributed by atoms with Crippen LogP contribution in [0.15, 0.2) is 58.9 Å². The lowest BCUT2D eigenvalue weighted by Gasteiger charge is -2.24. The minimum atomic E-state index is -0.146. The van der Waals surface area contributed by atoms with Crippen molar-refractivity contribution >= 4 is 53.6 Å². The number of hydrogen-bond donors (Lipinski definition) is 4. The Labute approximate surface area is 463 Å². The summed E-state index contributed by atoms with van der Waals surface area (Å²) in [6.07, 6.45) is 13.7. The highest BCUT2D eigenvalue weighted by Gasteiger charge is 2.27. The molecule has 0 aliphatic rings. The molecule has 0 atom stereocenters. The topological polar surface area (TPSA) is 188 Å². The molecule has 424 valence electrons. The molecule has 0 saturated heterocycles. The molecule has 78 heavy (non-hydrogen) atoms. The molecule has 0 aliphatic carbocycles. The van der Waals surface area contributed by atoms with Crippen LogP contribution in [0.5, 0.6) is 11.5 Å². The molecule has 4 N–H and O–H groups in total. The molecule has 3 amide bonds. The standard InChI is InChI=1S/C62H87N7O9/c1-14-20-23-52-57(48(17-4)50(18-5)77-52)59(73)46-35-42(7)61(43(8)36-46)75-33-31-67(12)40-55(71)65-26-29-69(28-25-64-54(70)39-63-11)30-27-66-56(72)41-68(13)32-34-76-62-44(9)37-47(38-45(62)10)60(74)58-49(22-16-3)51(19-6)78-53(58)24-21-15-2/h16-19,22,35-38,63H,4-6,14-15,20-21,23-34,39-41H2,1-3,7-13H3,(H,64,70)(H,65,71)(H,66,72)/b22-16-. The lowest BCUT2D eigenvalue weighted by molar-refractivity contribution is -0.122. The molecule has 0 spiro atoms. The van der Waals surface area contributed by atoms with Crippen LogP contribution in [0.1, 0.15) is 135 Å². The van der Waals surface area contributed by atoms with Gasteiger partial charge in [0.25, 0.3) is 0 Å². The highest BCUT2D eigenvalue weighted by Crippen LogP contribution is 2.34. The number of ketones is 2. The maximum absolute atomic E-state index is 14.1. The van der Waals surface area contributed by atoms with E-state index in [1.807, 2.05) is 94.9 Å². The smallest absolute Gasteiger partial charge is 0.234 e. The van der Waals surface area contributed by atoms with Crippen LogP contribution in [0.2, 0.25) is 0 Å². The molecule has 4 aromatic rings. The van der Waals surface area contributed by atoms with Gasteiger partial charge in [-0.2, -0.15) is 0 Å². The van der Waals surface area contributed by atoms with E-state index in [9.17, 15) is 24.0 Å². The molecule has 0 unspecified atom stereocenters. The quantitative estimate of drug-likeness (QED) is 0.0316. The Kier molecular flexibility index (Phi) is 26.8. The van der Waals surface area contributed by atoms with Crippen LogP contribution in [0.25, 0.3) is 24.3 Å². The second-order valence-corrected chi connectivity index (χ2v) is 19.8. The number of ether oxygens (including phenoxy) is 2. The third kappa shape index (κ3) is 18.7. The molecule has 0 radical (unpaired) electrons. The number of allylic oxidation sites excluding steroid dienone is 1. The summed E-state index contributed by atoms with van der Waals surface area (Å²) in [5, 5.41) is 11.8. The number of carbonyl (C=O) groups is 5. The summed E-state index contributed by atoms with van der Waals surface area (Å²) >= 11 is 0. The summed E-state index contributed by atoms with van der Waals surface area (Å²) in [5.41, 5.74) is 6.92. The first-order chi connectivity index (χ1) is 37.4. The Morgan fingerprint density at radius 3 is 1.36 bits per heavy atom. The first-order valence-electron chi connectivity index (χ1n) is 27.4. The van der Waals surface area contributed by atoms with Crippen LogP contribution in [0.3, 0.4) is 0 Å². The number of benzene rings is 2. The molecule has 16 heteroatoms. The molecular weight excluding hydrogens is 987 g/mol. The fourth-order valence-electron chi connectivity index (χ4n) is 9.28. The van der Waals surface area contributed by atoms with Gasteiger partial charge < -0.3 is 39.6 Å². The number of likely N-dealkylation sites (N-methyl/N-ethyl adjacent to an activating group) is 3. The van der Waals surface area contributed by atoms with Crippen molar-refractivity contribution in [2.45, 2.75) is 87.0 Å². The van der Waals surface area contributed by atoms with Crippen LogP contribution < -0.4 is 30.7 Å². The van der Waals surface area contributed by atoms with E-state index in [4.69, 9.17) is 18.3 Å². The average molecular weight is 1070 g/mol. The van der Waals surface area contributed by atoms with Crippen LogP contribution in [-0.4, -0.2) is 150 Å². The Morgan fingerprint density at radius 1 is 0.590 bits per heavy atom. The maximum Gasteiger partial charge on any atom is 0.234 e. The summed E-state index contributed by atoms with van der Waals surface area (Å²) in [6, 6.07) is 7.40. The Bertz CT molecular complexity index is 2690. The fourth-order valence-corrected chi connectivity index (χ4v) is 9.28. The van der Waals surface area contributed by atoms with Gasteiger partial charge in [-0.05, 0) is 127 Å². The van der Waals surface area contributed by atoms with E-state index in [1.165, 1.54) is 0 Å². The van der Waals surface area contributed by atoms with Crippen molar-refractivity contribution in [2.24, 2.45) is 0 Å². The number of unbranched alkanes of at least 4 members (excludes halogenated alkanes) is 2. The van der Waals surface area contributed by atoms with Crippen molar-refractivity contribution in [1.29, 1.82) is 0 Å². The van der Waals surface area contributed by atoms with Gasteiger partial charge in [-0.15, -0.1) is 0 Å². The molecule has 2 aromatic carbocycles. The number of nitrogens with one attached hydrogen (secondary N) is 4. The SMILES string of the molecule is C=Cc1oc(CCCC)c(C(=O)c2cc(C)c(OCCN(C)CC(=O)NCCN(CCNC(=O)CNC)CCNC(=O)CN(C)CCOc3c(C)cc(C(=O)c4c(CCCC)oc(C=C)c4/C=C\C)cc3C)c(C)c2)c1C=C. The number of furan rings is 2. The van der Waals surface area contributed by atoms with Crippen molar-refractivity contribution in [2.75, 3.05) is 106 Å². The summed E-state index contributed by atoms with van der Waals surface area (Å²) in [6.45, 7) is 30.3. The van der Waals surface area contributed by atoms with Gasteiger partial charge in [0.05, 0.1) is 30.8 Å². The van der Waals surface area contributed by atoms with Gasteiger partial charge in [-0.25, -0.2) is 0 Å². The number of carbonyl (C=O) groups excluding carboxylic acids is 5. The van der Waals surface area contributed by atoms with Gasteiger partial charge in [0.15, 0.2) is 11.6 Å². The first kappa shape index (κ1) is 63.7. The van der Waals surface area contributed by atoms with E-state index in [1.54, 1.807) is 25.3 Å². The maximum atomic E-state index is 14.1. The Morgan fingerprint density at radius 2 is 0.987 bits per heavy atom. The van der Waals surface area contributed by atoms with Crippen molar-refractivity contribution in [3.8, 4) is 11.5 Å². The number of hydrogen-bond acceptors (Lipinski definition) is 13. The minimum absolute atomic E-state index is 0.101. The predicted octanol–water partition coefficient (Wildman–Crippen LogP) is 8.41. The number of nitrogens with zero attached hydrogens (tertiary/aromatic N) is 3. The van der Waals surface area contributed by atoms with Crippen molar-refractivity contribution in [3.63, 3.8) is 0 Å². The van der Waals surface area contributed by atoms with E-state index >= 15 is 0 Å². The molecule has 2 heterocycles. The zero-order valence-electron chi connectivity index (χ0n) is 48.3. The molecule has 2 aromatic heterocycles. The predicted molar refractivity (Wildman–Crippen MR) is 314 cm³/mol. The average Bonchev–Trinajstić information content (AvgIpc) is 3.98. The normalized spacial score (nSPS) is 11.4. The summed E-state index contributed by atoms with van der Waals surface area (Å²) in [7, 11) is 5.42. The Balaban J connectivity index is 1.23. The zero-order valence-corrected chi connectivity index (χ0v) is 48.3. The van der Waals surface area contributed by atoms with Crippen LogP contribution in [-0.2, 0) is 27.2 Å². The Hall–Kier alpha value is -6.85. The monoisotopic (exact) mass is 1070 g/mol. The highest BCUT2D eigenvalue weighted by molar-refractivity contribution is 6.13. The van der Waals surface area contributed by atoms with Crippen molar-refractivity contribution in [1.82, 2.24) is 36.0 Å². The summed E-state index contributed by atoms with van der Waals surface area (Å²) in [5.74, 6) is 3.20. The van der Waals surface area contributed by atoms with E-state index in [2.05, 4.69) is 59.8 Å². The van der Waals surface area contributed by atoms with Crippen LogP contribution >= 0.6 is 0 Å². The van der Waals surface area contributed by atoms with Gasteiger partial charge >= 0.3 is 0 Å². The second kappa shape index (κ2) is 32.8. The van der Waals surface area contributed by atoms with E-state index < -0.39 is 0 Å². The molecular formula is C62H87N7O9. The number of amides is 3. The van der Waals surface area contributed by atoms with Crippen LogP contribution in [0.4, 0.5) is 0 Å². The lowest BCUT2D eigenvalue weighted by atomic mass is 9.94. The van der Waals surface area contributed by atoms with E-state index in [0.29, 0.717) is 141 Å². The van der Waals surface area contributed by atoms with Gasteiger partial charge in [0.2, 0.25) is 17.7 Å². The molecule has 4 rings (SSSR count). The summed E-state index contributed by atoms with van der Waals surface area (Å²) in [4.78, 5) is 72.1. The van der Waals surface area contributed by atoms with E-state index in [-0.39, 0.29) is 48.9 Å².